The predicted molar refractivity (Wildman–Crippen MR) is 70.3 cm³/mol. The second-order valence-corrected chi connectivity index (χ2v) is 4.00. The van der Waals surface area contributed by atoms with E-state index in [0.29, 0.717) is 5.56 Å². The van der Waals surface area contributed by atoms with Gasteiger partial charge < -0.3 is 10.1 Å². The smallest absolute Gasteiger partial charge is 0.170 e. The van der Waals surface area contributed by atoms with E-state index in [4.69, 9.17) is 4.74 Å². The van der Waals surface area contributed by atoms with Crippen LogP contribution >= 0.6 is 0 Å². The van der Waals surface area contributed by atoms with Crippen LogP contribution in [0.15, 0.2) is 48.5 Å². The molecule has 3 heteroatoms. The number of rotatable bonds is 4. The minimum atomic E-state index is -0.316. The minimum Gasteiger partial charge on any atom is -0.494 e. The van der Waals surface area contributed by atoms with Gasteiger partial charge in [0, 0.05) is 5.56 Å². The van der Waals surface area contributed by atoms with Gasteiger partial charge in [0.05, 0.1) is 13.2 Å². The van der Waals surface area contributed by atoms with Gasteiger partial charge in [-0.3, -0.25) is 0 Å². The topological polar surface area (TPSA) is 21.3 Å². The van der Waals surface area contributed by atoms with Gasteiger partial charge in [-0.15, -0.1) is 0 Å². The van der Waals surface area contributed by atoms with E-state index in [-0.39, 0.29) is 17.6 Å². The number of ether oxygens (including phenoxy) is 1. The molecule has 0 radical (unpaired) electrons. The van der Waals surface area contributed by atoms with Crippen molar-refractivity contribution in [3.05, 3.63) is 65.5 Å². The third-order valence-electron chi connectivity index (χ3n) is 2.95. The zero-order valence-electron chi connectivity index (χ0n) is 10.5. The van der Waals surface area contributed by atoms with Crippen LogP contribution in [0.3, 0.4) is 0 Å². The van der Waals surface area contributed by atoms with Crippen molar-refractivity contribution in [1.29, 1.82) is 0 Å². The number of halogens is 1. The van der Waals surface area contributed by atoms with Crippen LogP contribution in [0, 0.1) is 5.82 Å². The molecule has 0 saturated heterocycles. The Morgan fingerprint density at radius 1 is 1.06 bits per heavy atom. The van der Waals surface area contributed by atoms with Gasteiger partial charge in [-0.1, -0.05) is 42.5 Å². The third kappa shape index (κ3) is 2.36. The van der Waals surface area contributed by atoms with E-state index in [1.54, 1.807) is 18.2 Å². The molecule has 0 aliphatic rings. The fourth-order valence-corrected chi connectivity index (χ4v) is 2.06. The average molecular weight is 245 g/mol. The maximum Gasteiger partial charge on any atom is 0.170 e. The van der Waals surface area contributed by atoms with E-state index in [9.17, 15) is 4.39 Å². The fraction of sp³-hybridized carbons (Fsp3) is 0.200. The second-order valence-electron chi connectivity index (χ2n) is 4.00. The molecular weight excluding hydrogens is 229 g/mol. The molecule has 0 aromatic heterocycles. The average Bonchev–Trinajstić information content (AvgIpc) is 2.43. The Morgan fingerprint density at radius 3 is 2.39 bits per heavy atom. The van der Waals surface area contributed by atoms with Gasteiger partial charge in [0.15, 0.2) is 11.6 Å². The van der Waals surface area contributed by atoms with E-state index in [2.05, 4.69) is 5.32 Å². The molecule has 1 unspecified atom stereocenters. The molecule has 1 atom stereocenters. The summed E-state index contributed by atoms with van der Waals surface area (Å²) in [5.41, 5.74) is 1.61. The molecule has 0 aliphatic carbocycles. The lowest BCUT2D eigenvalue weighted by Crippen LogP contribution is -2.19. The van der Waals surface area contributed by atoms with Crippen molar-refractivity contribution in [2.75, 3.05) is 14.2 Å². The van der Waals surface area contributed by atoms with Gasteiger partial charge in [-0.25, -0.2) is 4.39 Å². The number of nitrogens with one attached hydrogen (secondary N) is 1. The van der Waals surface area contributed by atoms with E-state index in [1.807, 2.05) is 37.4 Å². The first kappa shape index (κ1) is 12.6. The minimum absolute atomic E-state index is 0.179. The van der Waals surface area contributed by atoms with Crippen molar-refractivity contribution in [2.45, 2.75) is 6.04 Å². The molecule has 0 aliphatic heterocycles. The third-order valence-corrected chi connectivity index (χ3v) is 2.95. The van der Waals surface area contributed by atoms with Crippen LogP contribution in [0.4, 0.5) is 4.39 Å². The first-order chi connectivity index (χ1) is 8.77. The Morgan fingerprint density at radius 2 is 1.78 bits per heavy atom. The fourth-order valence-electron chi connectivity index (χ4n) is 2.06. The molecule has 2 rings (SSSR count). The molecule has 1 N–H and O–H groups in total. The Balaban J connectivity index is 2.46. The Hall–Kier alpha value is -1.87. The van der Waals surface area contributed by atoms with Gasteiger partial charge in [-0.05, 0) is 18.7 Å². The van der Waals surface area contributed by atoms with Crippen LogP contribution in [-0.4, -0.2) is 14.2 Å². The van der Waals surface area contributed by atoms with Crippen molar-refractivity contribution in [3.8, 4) is 5.75 Å². The Labute approximate surface area is 106 Å². The molecule has 0 bridgehead atoms. The summed E-state index contributed by atoms with van der Waals surface area (Å²) < 4.78 is 19.2. The standard InChI is InChI=1S/C15H16FNO/c1-17-15(11-7-4-3-5-8-11)12-9-6-10-13(18-2)14(12)16/h3-10,15,17H,1-2H3. The molecule has 0 saturated carbocycles. The highest BCUT2D eigenvalue weighted by Crippen LogP contribution is 2.28. The second kappa shape index (κ2) is 5.65. The first-order valence-electron chi connectivity index (χ1n) is 5.82. The summed E-state index contributed by atoms with van der Waals surface area (Å²) in [5, 5.41) is 3.13. The molecule has 0 fully saturated rings. The number of hydrogen-bond acceptors (Lipinski definition) is 2. The highest BCUT2D eigenvalue weighted by Gasteiger charge is 2.18. The summed E-state index contributed by atoms with van der Waals surface area (Å²) in [7, 11) is 3.29. The summed E-state index contributed by atoms with van der Waals surface area (Å²) in [4.78, 5) is 0. The van der Waals surface area contributed by atoms with E-state index in [0.717, 1.165) is 5.56 Å². The highest BCUT2D eigenvalue weighted by molar-refractivity contribution is 5.38. The van der Waals surface area contributed by atoms with Crippen LogP contribution in [-0.2, 0) is 0 Å². The zero-order chi connectivity index (χ0) is 13.0. The normalized spacial score (nSPS) is 12.2. The summed E-state index contributed by atoms with van der Waals surface area (Å²) in [5.74, 6) is -0.0492. The van der Waals surface area contributed by atoms with Gasteiger partial charge in [-0.2, -0.15) is 0 Å². The van der Waals surface area contributed by atoms with Crippen LogP contribution in [0.25, 0.3) is 0 Å². The lowest BCUT2D eigenvalue weighted by molar-refractivity contribution is 0.382. The number of benzene rings is 2. The molecule has 0 heterocycles. The van der Waals surface area contributed by atoms with Crippen molar-refractivity contribution >= 4 is 0 Å². The molecular formula is C15H16FNO. The lowest BCUT2D eigenvalue weighted by atomic mass is 9.98. The summed E-state index contributed by atoms with van der Waals surface area (Å²) in [6.07, 6.45) is 0. The van der Waals surface area contributed by atoms with Gasteiger partial charge >= 0.3 is 0 Å². The molecule has 0 spiro atoms. The lowest BCUT2D eigenvalue weighted by Gasteiger charge is -2.18. The molecule has 94 valence electrons. The van der Waals surface area contributed by atoms with Crippen LogP contribution in [0.5, 0.6) is 5.75 Å². The zero-order valence-corrected chi connectivity index (χ0v) is 10.5. The van der Waals surface area contributed by atoms with E-state index in [1.165, 1.54) is 7.11 Å². The number of methoxy groups -OCH3 is 1. The summed E-state index contributed by atoms with van der Waals surface area (Å²) in [6.45, 7) is 0. The monoisotopic (exact) mass is 245 g/mol. The molecule has 2 nitrogen and oxygen atoms in total. The molecule has 2 aromatic carbocycles. The SMILES string of the molecule is CNC(c1ccccc1)c1cccc(OC)c1F. The first-order valence-corrected chi connectivity index (χ1v) is 5.82. The van der Waals surface area contributed by atoms with Crippen molar-refractivity contribution in [3.63, 3.8) is 0 Å². The van der Waals surface area contributed by atoms with E-state index >= 15 is 0 Å². The molecule has 2 aromatic rings. The van der Waals surface area contributed by atoms with Crippen molar-refractivity contribution in [1.82, 2.24) is 5.32 Å². The Kier molecular flexibility index (Phi) is 3.95. The summed E-state index contributed by atoms with van der Waals surface area (Å²) >= 11 is 0. The quantitative estimate of drug-likeness (QED) is 0.893. The van der Waals surface area contributed by atoms with Gasteiger partial charge in [0.2, 0.25) is 0 Å². The van der Waals surface area contributed by atoms with Crippen LogP contribution < -0.4 is 10.1 Å². The molecule has 0 amide bonds. The van der Waals surface area contributed by atoms with Crippen LogP contribution in [0.1, 0.15) is 17.2 Å². The maximum atomic E-state index is 14.2. The largest absolute Gasteiger partial charge is 0.494 e. The van der Waals surface area contributed by atoms with Crippen LogP contribution in [0.2, 0.25) is 0 Å². The van der Waals surface area contributed by atoms with Crippen molar-refractivity contribution < 1.29 is 9.13 Å². The van der Waals surface area contributed by atoms with E-state index < -0.39 is 0 Å². The van der Waals surface area contributed by atoms with Gasteiger partial charge in [0.1, 0.15) is 0 Å². The Bertz CT molecular complexity index is 513. The molecule has 18 heavy (non-hydrogen) atoms. The summed E-state index contributed by atoms with van der Waals surface area (Å²) in [6, 6.07) is 14.8. The van der Waals surface area contributed by atoms with Crippen molar-refractivity contribution in [2.24, 2.45) is 0 Å². The number of hydrogen-bond donors (Lipinski definition) is 1. The predicted octanol–water partition coefficient (Wildman–Crippen LogP) is 3.14. The van der Waals surface area contributed by atoms with Gasteiger partial charge in [0.25, 0.3) is 0 Å². The highest BCUT2D eigenvalue weighted by atomic mass is 19.1. The maximum absolute atomic E-state index is 14.2.